The Labute approximate surface area is 126 Å². The van der Waals surface area contributed by atoms with Crippen LogP contribution in [0.2, 0.25) is 0 Å². The maximum absolute atomic E-state index is 10.7. The molecular weight excluding hydrogens is 348 g/mol. The Bertz CT molecular complexity index is 672. The number of nitrogens with zero attached hydrogens (tertiary/aromatic N) is 2. The molecule has 0 spiro atoms. The molecule has 0 aliphatic heterocycles. The van der Waals surface area contributed by atoms with Gasteiger partial charge in [0.1, 0.15) is 5.75 Å². The number of rotatable bonds is 4. The minimum atomic E-state index is -0.644. The van der Waals surface area contributed by atoms with Crippen molar-refractivity contribution in [3.8, 4) is 17.2 Å². The lowest BCUT2D eigenvalue weighted by atomic mass is 10.2. The fraction of sp³-hybridized carbons (Fsp3) is 0. The van der Waals surface area contributed by atoms with Crippen LogP contribution in [0.5, 0.6) is 17.2 Å². The van der Waals surface area contributed by atoms with Crippen LogP contribution in [0.15, 0.2) is 40.9 Å². The molecule has 0 bridgehead atoms. The third kappa shape index (κ3) is 3.26. The van der Waals surface area contributed by atoms with Crippen molar-refractivity contribution >= 4 is 27.3 Å². The zero-order valence-corrected chi connectivity index (χ0v) is 11.8. The van der Waals surface area contributed by atoms with Gasteiger partial charge in [0, 0.05) is 12.1 Å². The summed E-state index contributed by atoms with van der Waals surface area (Å²) in [7, 11) is 0. The molecule has 0 aliphatic rings. The fourth-order valence-electron chi connectivity index (χ4n) is 1.50. The molecular formula is C12H7BrN2O6. The first kappa shape index (κ1) is 14.7. The van der Waals surface area contributed by atoms with Gasteiger partial charge in [-0.05, 0) is 28.1 Å². The largest absolute Gasteiger partial charge is 0.504 e. The number of non-ortho nitro benzene ring substituents is 2. The Kier molecular flexibility index (Phi) is 4.03. The molecule has 0 amide bonds. The van der Waals surface area contributed by atoms with Crippen LogP contribution < -0.4 is 4.74 Å². The molecule has 0 fully saturated rings. The molecule has 0 atom stereocenters. The summed E-state index contributed by atoms with van der Waals surface area (Å²) in [5.41, 5.74) is -0.484. The molecule has 0 aromatic heterocycles. The lowest BCUT2D eigenvalue weighted by Crippen LogP contribution is -1.93. The first-order valence-electron chi connectivity index (χ1n) is 5.47. The van der Waals surface area contributed by atoms with Gasteiger partial charge < -0.3 is 9.84 Å². The van der Waals surface area contributed by atoms with Crippen LogP contribution in [-0.2, 0) is 0 Å². The van der Waals surface area contributed by atoms with Crippen molar-refractivity contribution in [1.82, 2.24) is 0 Å². The van der Waals surface area contributed by atoms with Crippen molar-refractivity contribution in [1.29, 1.82) is 0 Å². The van der Waals surface area contributed by atoms with E-state index in [1.807, 2.05) is 0 Å². The third-order valence-electron chi connectivity index (χ3n) is 2.50. The molecule has 2 rings (SSSR count). The standard InChI is InChI=1S/C12H7BrN2O6/c13-9-3-1-7(14(17)18)5-11(9)21-12-6-8(15(19)20)2-4-10(12)16/h1-6,16H. The monoisotopic (exact) mass is 354 g/mol. The molecule has 0 heterocycles. The Morgan fingerprint density at radius 2 is 1.48 bits per heavy atom. The summed E-state index contributed by atoms with van der Waals surface area (Å²) in [6.07, 6.45) is 0. The summed E-state index contributed by atoms with van der Waals surface area (Å²) in [6.45, 7) is 0. The summed E-state index contributed by atoms with van der Waals surface area (Å²) in [4.78, 5) is 20.2. The second kappa shape index (κ2) is 5.75. The van der Waals surface area contributed by atoms with E-state index in [4.69, 9.17) is 4.74 Å². The molecule has 0 aliphatic carbocycles. The number of hydrogen-bond acceptors (Lipinski definition) is 6. The number of ether oxygens (including phenoxy) is 1. The third-order valence-corrected chi connectivity index (χ3v) is 3.15. The Morgan fingerprint density at radius 3 is 2.05 bits per heavy atom. The van der Waals surface area contributed by atoms with Gasteiger partial charge in [-0.3, -0.25) is 20.2 Å². The molecule has 2 aromatic carbocycles. The maximum Gasteiger partial charge on any atom is 0.273 e. The minimum absolute atomic E-state index is 0.0556. The Morgan fingerprint density at radius 1 is 0.952 bits per heavy atom. The molecule has 0 unspecified atom stereocenters. The molecule has 1 N–H and O–H groups in total. The number of hydrogen-bond donors (Lipinski definition) is 1. The van der Waals surface area contributed by atoms with E-state index in [0.717, 1.165) is 24.3 Å². The number of nitro benzene ring substituents is 2. The second-order valence-corrected chi connectivity index (χ2v) is 4.74. The van der Waals surface area contributed by atoms with Crippen molar-refractivity contribution in [2.24, 2.45) is 0 Å². The van der Waals surface area contributed by atoms with Crippen molar-refractivity contribution in [2.75, 3.05) is 0 Å². The van der Waals surface area contributed by atoms with Gasteiger partial charge in [0.15, 0.2) is 11.5 Å². The van der Waals surface area contributed by atoms with Crippen molar-refractivity contribution < 1.29 is 19.7 Å². The highest BCUT2D eigenvalue weighted by Crippen LogP contribution is 2.38. The number of phenols is 1. The van der Waals surface area contributed by atoms with E-state index in [9.17, 15) is 25.3 Å². The van der Waals surface area contributed by atoms with Gasteiger partial charge in [0.2, 0.25) is 0 Å². The zero-order chi connectivity index (χ0) is 15.6. The van der Waals surface area contributed by atoms with Gasteiger partial charge >= 0.3 is 0 Å². The summed E-state index contributed by atoms with van der Waals surface area (Å²) in [6, 6.07) is 7.07. The van der Waals surface area contributed by atoms with Gasteiger partial charge in [0.05, 0.1) is 26.5 Å². The van der Waals surface area contributed by atoms with Crippen molar-refractivity contribution in [3.05, 3.63) is 61.1 Å². The zero-order valence-electron chi connectivity index (χ0n) is 10.2. The number of nitro groups is 2. The summed E-state index contributed by atoms with van der Waals surface area (Å²) in [5, 5.41) is 31.1. The highest BCUT2D eigenvalue weighted by atomic mass is 79.9. The highest BCUT2D eigenvalue weighted by molar-refractivity contribution is 9.10. The molecule has 9 heteroatoms. The molecule has 108 valence electrons. The van der Waals surface area contributed by atoms with Crippen LogP contribution in [0, 0.1) is 20.2 Å². The quantitative estimate of drug-likeness (QED) is 0.659. The van der Waals surface area contributed by atoms with Gasteiger partial charge in [-0.15, -0.1) is 0 Å². The molecule has 0 radical (unpaired) electrons. The second-order valence-electron chi connectivity index (χ2n) is 3.88. The predicted molar refractivity (Wildman–Crippen MR) is 75.6 cm³/mol. The number of phenolic OH excluding ortho intramolecular Hbond substituents is 1. The van der Waals surface area contributed by atoms with Crippen LogP contribution in [-0.4, -0.2) is 15.0 Å². The Hall–Kier alpha value is -2.68. The topological polar surface area (TPSA) is 116 Å². The normalized spacial score (nSPS) is 10.1. The van der Waals surface area contributed by atoms with Crippen LogP contribution in [0.1, 0.15) is 0 Å². The van der Waals surface area contributed by atoms with Crippen LogP contribution in [0.4, 0.5) is 11.4 Å². The lowest BCUT2D eigenvalue weighted by molar-refractivity contribution is -0.385. The number of benzene rings is 2. The minimum Gasteiger partial charge on any atom is -0.504 e. The van der Waals surface area contributed by atoms with Gasteiger partial charge in [0.25, 0.3) is 11.4 Å². The first-order chi connectivity index (χ1) is 9.88. The lowest BCUT2D eigenvalue weighted by Gasteiger charge is -2.09. The SMILES string of the molecule is O=[N+]([O-])c1ccc(O)c(Oc2cc([N+](=O)[O-])ccc2Br)c1. The van der Waals surface area contributed by atoms with E-state index in [1.54, 1.807) is 0 Å². The summed E-state index contributed by atoms with van der Waals surface area (Å²) >= 11 is 3.15. The molecule has 0 saturated heterocycles. The summed E-state index contributed by atoms with van der Waals surface area (Å²) < 4.78 is 5.72. The van der Waals surface area contributed by atoms with Crippen LogP contribution in [0.25, 0.3) is 0 Å². The van der Waals surface area contributed by atoms with Crippen molar-refractivity contribution in [3.63, 3.8) is 0 Å². The van der Waals surface area contributed by atoms with Crippen LogP contribution in [0.3, 0.4) is 0 Å². The average Bonchev–Trinajstić information content (AvgIpc) is 2.43. The molecule has 2 aromatic rings. The smallest absolute Gasteiger partial charge is 0.273 e. The molecule has 0 saturated carbocycles. The highest BCUT2D eigenvalue weighted by Gasteiger charge is 2.16. The number of aromatic hydroxyl groups is 1. The van der Waals surface area contributed by atoms with E-state index >= 15 is 0 Å². The Balaban J connectivity index is 2.42. The van der Waals surface area contributed by atoms with E-state index < -0.39 is 9.85 Å². The van der Waals surface area contributed by atoms with E-state index in [-0.39, 0.29) is 28.6 Å². The maximum atomic E-state index is 10.7. The summed E-state index contributed by atoms with van der Waals surface area (Å²) in [5.74, 6) is -0.440. The van der Waals surface area contributed by atoms with Gasteiger partial charge in [-0.25, -0.2) is 0 Å². The van der Waals surface area contributed by atoms with Gasteiger partial charge in [-0.1, -0.05) is 0 Å². The van der Waals surface area contributed by atoms with E-state index in [0.29, 0.717) is 4.47 Å². The van der Waals surface area contributed by atoms with E-state index in [1.165, 1.54) is 12.1 Å². The predicted octanol–water partition coefficient (Wildman–Crippen LogP) is 3.76. The fourth-order valence-corrected chi connectivity index (χ4v) is 1.83. The van der Waals surface area contributed by atoms with Crippen LogP contribution >= 0.6 is 15.9 Å². The van der Waals surface area contributed by atoms with E-state index in [2.05, 4.69) is 15.9 Å². The first-order valence-corrected chi connectivity index (χ1v) is 6.27. The average molecular weight is 355 g/mol. The number of halogens is 1. The van der Waals surface area contributed by atoms with Gasteiger partial charge in [-0.2, -0.15) is 0 Å². The molecule has 21 heavy (non-hydrogen) atoms. The van der Waals surface area contributed by atoms with Crippen molar-refractivity contribution in [2.45, 2.75) is 0 Å². The molecule has 8 nitrogen and oxygen atoms in total.